The number of halogens is 1. The van der Waals surface area contributed by atoms with E-state index in [4.69, 9.17) is 10.5 Å². The zero-order chi connectivity index (χ0) is 15.5. The van der Waals surface area contributed by atoms with Gasteiger partial charge in [0.05, 0.1) is 11.1 Å². The van der Waals surface area contributed by atoms with E-state index in [2.05, 4.69) is 0 Å². The van der Waals surface area contributed by atoms with Crippen molar-refractivity contribution in [3.63, 3.8) is 0 Å². The summed E-state index contributed by atoms with van der Waals surface area (Å²) in [6.07, 6.45) is -2.34. The Morgan fingerprint density at radius 2 is 1.80 bits per heavy atom. The summed E-state index contributed by atoms with van der Waals surface area (Å²) in [5.74, 6) is -1.94. The molecule has 1 aromatic rings. The third-order valence-corrected chi connectivity index (χ3v) is 2.76. The summed E-state index contributed by atoms with van der Waals surface area (Å²) in [5.41, 5.74) is -1.47. The molecule has 4 nitrogen and oxygen atoms in total. The molecule has 20 heavy (non-hydrogen) atoms. The predicted molar refractivity (Wildman–Crippen MR) is 69.6 cm³/mol. The van der Waals surface area contributed by atoms with Crippen molar-refractivity contribution in [3.8, 4) is 12.1 Å². The fourth-order valence-electron chi connectivity index (χ4n) is 1.61. The molecule has 0 N–H and O–H groups in total. The van der Waals surface area contributed by atoms with E-state index in [-0.39, 0.29) is 16.7 Å². The van der Waals surface area contributed by atoms with E-state index in [0.29, 0.717) is 0 Å². The second kappa shape index (κ2) is 5.63. The predicted octanol–water partition coefficient (Wildman–Crippen LogP) is 2.57. The van der Waals surface area contributed by atoms with Gasteiger partial charge in [0.15, 0.2) is 5.78 Å². The molecule has 0 aromatic heterocycles. The first-order valence-electron chi connectivity index (χ1n) is 5.90. The Morgan fingerprint density at radius 1 is 1.20 bits per heavy atom. The van der Waals surface area contributed by atoms with Crippen LogP contribution in [-0.4, -0.2) is 17.7 Å². The van der Waals surface area contributed by atoms with Gasteiger partial charge in [-0.25, -0.2) is 4.39 Å². The van der Waals surface area contributed by atoms with E-state index in [9.17, 15) is 14.0 Å². The number of hydrogen-bond donors (Lipinski definition) is 0. The minimum atomic E-state index is -2.34. The van der Waals surface area contributed by atoms with Crippen molar-refractivity contribution in [2.75, 3.05) is 0 Å². The quantitative estimate of drug-likeness (QED) is 0.625. The molecule has 1 atom stereocenters. The number of alkyl halides is 1. The van der Waals surface area contributed by atoms with Gasteiger partial charge < -0.3 is 0 Å². The van der Waals surface area contributed by atoms with Gasteiger partial charge in [0.1, 0.15) is 12.1 Å². The molecule has 0 saturated heterocycles. The highest BCUT2D eigenvalue weighted by Crippen LogP contribution is 2.23. The van der Waals surface area contributed by atoms with Gasteiger partial charge in [-0.3, -0.25) is 9.59 Å². The molecule has 1 unspecified atom stereocenters. The second-order valence-electron chi connectivity index (χ2n) is 5.29. The Kier molecular flexibility index (Phi) is 4.37. The van der Waals surface area contributed by atoms with Crippen molar-refractivity contribution in [1.29, 1.82) is 10.5 Å². The van der Waals surface area contributed by atoms with E-state index in [1.165, 1.54) is 39.0 Å². The Hall–Kier alpha value is -2.53. The van der Waals surface area contributed by atoms with E-state index in [1.54, 1.807) is 12.1 Å². The van der Waals surface area contributed by atoms with Crippen LogP contribution in [-0.2, 0) is 4.79 Å². The molecule has 0 aliphatic heterocycles. The lowest BCUT2D eigenvalue weighted by molar-refractivity contribution is -0.129. The van der Waals surface area contributed by atoms with Crippen LogP contribution in [0.3, 0.4) is 0 Å². The molecule has 0 radical (unpaired) electrons. The molecule has 1 aromatic carbocycles. The molecule has 5 heteroatoms. The fraction of sp³-hybridized carbons (Fsp3) is 0.333. The Balaban J connectivity index is 3.28. The molecular formula is C15H13FN2O2. The Morgan fingerprint density at radius 3 is 2.25 bits per heavy atom. The van der Waals surface area contributed by atoms with Crippen LogP contribution < -0.4 is 0 Å². The highest BCUT2D eigenvalue weighted by atomic mass is 19.1. The normalized spacial score (nSPS) is 12.1. The first kappa shape index (κ1) is 15.5. The topological polar surface area (TPSA) is 81.7 Å². The average Bonchev–Trinajstić information content (AvgIpc) is 2.42. The Labute approximate surface area is 116 Å². The zero-order valence-corrected chi connectivity index (χ0v) is 11.4. The molecule has 1 rings (SSSR count). The number of benzene rings is 1. The van der Waals surface area contributed by atoms with E-state index in [0.717, 1.165) is 0 Å². The third kappa shape index (κ3) is 2.89. The lowest BCUT2D eigenvalue weighted by Crippen LogP contribution is -2.35. The van der Waals surface area contributed by atoms with Gasteiger partial charge in [-0.2, -0.15) is 10.5 Å². The third-order valence-electron chi connectivity index (χ3n) is 2.76. The van der Waals surface area contributed by atoms with Crippen molar-refractivity contribution in [2.24, 2.45) is 5.41 Å². The minimum absolute atomic E-state index is 0.0197. The minimum Gasteiger partial charge on any atom is -0.295 e. The molecule has 0 fully saturated rings. The molecular weight excluding hydrogens is 259 g/mol. The second-order valence-corrected chi connectivity index (χ2v) is 5.29. The molecule has 0 amide bonds. The maximum atomic E-state index is 14.0. The van der Waals surface area contributed by atoms with Crippen molar-refractivity contribution in [2.45, 2.75) is 26.9 Å². The number of carbonyl (C=O) groups excluding carboxylic acids is 2. The number of hydrogen-bond acceptors (Lipinski definition) is 4. The summed E-state index contributed by atoms with van der Waals surface area (Å²) in [7, 11) is 0. The SMILES string of the molecule is CC(C)(C)C(=O)C(F)C(=O)c1cccc(C#N)c1C#N. The van der Waals surface area contributed by atoms with Gasteiger partial charge in [-0.05, 0) is 12.1 Å². The van der Waals surface area contributed by atoms with Gasteiger partial charge in [-0.1, -0.05) is 26.8 Å². The maximum absolute atomic E-state index is 14.0. The summed E-state index contributed by atoms with van der Waals surface area (Å²) in [4.78, 5) is 23.8. The number of nitriles is 2. The van der Waals surface area contributed by atoms with Crippen molar-refractivity contribution in [3.05, 3.63) is 34.9 Å². The first-order chi connectivity index (χ1) is 9.23. The molecule has 0 bridgehead atoms. The van der Waals surface area contributed by atoms with Crippen molar-refractivity contribution >= 4 is 11.6 Å². The molecule has 0 aliphatic rings. The van der Waals surface area contributed by atoms with Crippen LogP contribution >= 0.6 is 0 Å². The lowest BCUT2D eigenvalue weighted by Gasteiger charge is -2.19. The standard InChI is InChI=1S/C15H13FN2O2/c1-15(2,3)14(20)12(16)13(19)10-6-4-5-9(7-17)11(10)8-18/h4-6,12H,1-3H3. The summed E-state index contributed by atoms with van der Waals surface area (Å²) in [5, 5.41) is 17.9. The maximum Gasteiger partial charge on any atom is 0.221 e. The average molecular weight is 272 g/mol. The van der Waals surface area contributed by atoms with E-state index >= 15 is 0 Å². The van der Waals surface area contributed by atoms with Crippen LogP contribution in [0.5, 0.6) is 0 Å². The van der Waals surface area contributed by atoms with Gasteiger partial charge in [0, 0.05) is 11.0 Å². The van der Waals surface area contributed by atoms with Crippen LogP contribution in [0.4, 0.5) is 4.39 Å². The molecule has 0 spiro atoms. The number of rotatable bonds is 3. The van der Waals surface area contributed by atoms with Crippen LogP contribution in [0.15, 0.2) is 18.2 Å². The van der Waals surface area contributed by atoms with Gasteiger partial charge in [-0.15, -0.1) is 0 Å². The Bertz CT molecular complexity index is 645. The highest BCUT2D eigenvalue weighted by Gasteiger charge is 2.36. The highest BCUT2D eigenvalue weighted by molar-refractivity contribution is 6.15. The van der Waals surface area contributed by atoms with Gasteiger partial charge in [0.25, 0.3) is 0 Å². The van der Waals surface area contributed by atoms with Gasteiger partial charge in [0.2, 0.25) is 12.0 Å². The summed E-state index contributed by atoms with van der Waals surface area (Å²) in [6, 6.07) is 7.44. The van der Waals surface area contributed by atoms with E-state index < -0.39 is 23.2 Å². The largest absolute Gasteiger partial charge is 0.295 e. The molecule has 102 valence electrons. The van der Waals surface area contributed by atoms with Crippen molar-refractivity contribution < 1.29 is 14.0 Å². The van der Waals surface area contributed by atoms with Crippen LogP contribution in [0.1, 0.15) is 42.3 Å². The zero-order valence-electron chi connectivity index (χ0n) is 11.4. The van der Waals surface area contributed by atoms with Crippen LogP contribution in [0.2, 0.25) is 0 Å². The van der Waals surface area contributed by atoms with Crippen LogP contribution in [0.25, 0.3) is 0 Å². The monoisotopic (exact) mass is 272 g/mol. The van der Waals surface area contributed by atoms with E-state index in [1.807, 2.05) is 0 Å². The van der Waals surface area contributed by atoms with Gasteiger partial charge >= 0.3 is 0 Å². The lowest BCUT2D eigenvalue weighted by atomic mass is 9.85. The number of carbonyl (C=O) groups is 2. The summed E-state index contributed by atoms with van der Waals surface area (Å²) >= 11 is 0. The first-order valence-corrected chi connectivity index (χ1v) is 5.90. The number of Topliss-reactive ketones (excluding diaryl/α,β-unsaturated/α-hetero) is 2. The number of nitrogens with zero attached hydrogens (tertiary/aromatic N) is 2. The smallest absolute Gasteiger partial charge is 0.221 e. The summed E-state index contributed by atoms with van der Waals surface area (Å²) in [6.45, 7) is 4.52. The molecule has 0 saturated carbocycles. The molecule has 0 heterocycles. The summed E-state index contributed by atoms with van der Waals surface area (Å²) < 4.78 is 14.0. The number of ketones is 2. The van der Waals surface area contributed by atoms with Crippen LogP contribution in [0, 0.1) is 28.1 Å². The molecule has 0 aliphatic carbocycles. The van der Waals surface area contributed by atoms with Crippen molar-refractivity contribution in [1.82, 2.24) is 0 Å². The fourth-order valence-corrected chi connectivity index (χ4v) is 1.61.